The van der Waals surface area contributed by atoms with Crippen LogP contribution in [0.4, 0.5) is 5.82 Å². The Balaban J connectivity index is 1.97. The summed E-state index contributed by atoms with van der Waals surface area (Å²) in [6, 6.07) is 4.96. The molecule has 0 aromatic carbocycles. The van der Waals surface area contributed by atoms with Gasteiger partial charge in [0.25, 0.3) is 5.91 Å². The van der Waals surface area contributed by atoms with Gasteiger partial charge in [0.1, 0.15) is 15.6 Å². The molecule has 0 aliphatic rings. The third-order valence-corrected chi connectivity index (χ3v) is 3.73. The molecule has 21 heavy (non-hydrogen) atoms. The smallest absolute Gasteiger partial charge is 0.292 e. The Morgan fingerprint density at radius 3 is 2.76 bits per heavy atom. The zero-order valence-corrected chi connectivity index (χ0v) is 12.7. The quantitative estimate of drug-likeness (QED) is 0.868. The van der Waals surface area contributed by atoms with Gasteiger partial charge in [-0.15, -0.1) is 0 Å². The number of sulfone groups is 1. The number of aryl methyl sites for hydroxylation is 2. The second-order valence-corrected chi connectivity index (χ2v) is 6.93. The first-order valence-electron chi connectivity index (χ1n) is 6.48. The minimum atomic E-state index is -3.04. The molecule has 114 valence electrons. The van der Waals surface area contributed by atoms with Gasteiger partial charge < -0.3 is 9.73 Å². The van der Waals surface area contributed by atoms with Gasteiger partial charge in [-0.3, -0.25) is 9.48 Å². The predicted molar refractivity (Wildman–Crippen MR) is 78.0 cm³/mol. The van der Waals surface area contributed by atoms with E-state index in [1.54, 1.807) is 24.4 Å². The van der Waals surface area contributed by atoms with Gasteiger partial charge in [0, 0.05) is 24.9 Å². The summed E-state index contributed by atoms with van der Waals surface area (Å²) in [4.78, 5) is 11.9. The largest absolute Gasteiger partial charge is 0.456 e. The molecule has 0 saturated carbocycles. The molecule has 0 unspecified atom stereocenters. The van der Waals surface area contributed by atoms with Crippen molar-refractivity contribution in [2.75, 3.05) is 17.3 Å². The third-order valence-electron chi connectivity index (χ3n) is 2.81. The van der Waals surface area contributed by atoms with E-state index in [4.69, 9.17) is 4.42 Å². The van der Waals surface area contributed by atoms with Crippen LogP contribution in [-0.4, -0.2) is 36.1 Å². The molecule has 0 spiro atoms. The van der Waals surface area contributed by atoms with Crippen molar-refractivity contribution in [2.24, 2.45) is 0 Å². The molecule has 1 amide bonds. The normalized spacial score (nSPS) is 11.5. The maximum atomic E-state index is 11.9. The van der Waals surface area contributed by atoms with Gasteiger partial charge in [0.05, 0.1) is 12.3 Å². The Bertz CT molecular complexity index is 730. The van der Waals surface area contributed by atoms with Gasteiger partial charge in [-0.25, -0.2) is 8.42 Å². The van der Waals surface area contributed by atoms with Crippen molar-refractivity contribution in [2.45, 2.75) is 19.9 Å². The van der Waals surface area contributed by atoms with Gasteiger partial charge in [-0.1, -0.05) is 6.92 Å². The molecule has 1 N–H and O–H groups in total. The summed E-state index contributed by atoms with van der Waals surface area (Å²) < 4.78 is 29.0. The van der Waals surface area contributed by atoms with Gasteiger partial charge >= 0.3 is 0 Å². The van der Waals surface area contributed by atoms with Crippen molar-refractivity contribution in [3.05, 3.63) is 35.9 Å². The average molecular weight is 311 g/mol. The zero-order valence-electron chi connectivity index (χ0n) is 11.9. The number of aromatic nitrogens is 2. The summed E-state index contributed by atoms with van der Waals surface area (Å²) in [5, 5.41) is 6.68. The van der Waals surface area contributed by atoms with E-state index in [1.807, 2.05) is 6.92 Å². The van der Waals surface area contributed by atoms with Crippen LogP contribution in [-0.2, 0) is 22.8 Å². The van der Waals surface area contributed by atoms with Gasteiger partial charge in [-0.05, 0) is 12.1 Å². The molecule has 7 nitrogen and oxygen atoms in total. The monoisotopic (exact) mass is 311 g/mol. The van der Waals surface area contributed by atoms with E-state index in [2.05, 4.69) is 10.4 Å². The highest BCUT2D eigenvalue weighted by molar-refractivity contribution is 7.90. The molecule has 2 aromatic rings. The van der Waals surface area contributed by atoms with Crippen molar-refractivity contribution in [3.63, 3.8) is 0 Å². The molecule has 0 fully saturated rings. The van der Waals surface area contributed by atoms with Crippen molar-refractivity contribution in [1.82, 2.24) is 9.78 Å². The highest BCUT2D eigenvalue weighted by atomic mass is 32.2. The van der Waals surface area contributed by atoms with Crippen LogP contribution >= 0.6 is 0 Å². The fourth-order valence-corrected chi connectivity index (χ4v) is 2.20. The molecule has 2 rings (SSSR count). The summed E-state index contributed by atoms with van der Waals surface area (Å²) in [5.41, 5.74) is 0. The maximum absolute atomic E-state index is 11.9. The highest BCUT2D eigenvalue weighted by Gasteiger charge is 2.12. The van der Waals surface area contributed by atoms with Crippen molar-refractivity contribution < 1.29 is 17.6 Å². The average Bonchev–Trinajstić information content (AvgIpc) is 3.04. The summed E-state index contributed by atoms with van der Waals surface area (Å²) in [6.07, 6.45) is 3.50. The van der Waals surface area contributed by atoms with Crippen LogP contribution < -0.4 is 5.32 Å². The van der Waals surface area contributed by atoms with Crippen LogP contribution in [0.2, 0.25) is 0 Å². The minimum absolute atomic E-state index is 0.000109. The van der Waals surface area contributed by atoms with E-state index in [9.17, 15) is 13.2 Å². The molecule has 0 radical (unpaired) electrons. The molecule has 0 aliphatic heterocycles. The molecule has 8 heteroatoms. The van der Waals surface area contributed by atoms with Gasteiger partial charge in [-0.2, -0.15) is 5.10 Å². The summed E-state index contributed by atoms with van der Waals surface area (Å²) in [6.45, 7) is 2.18. The SMILES string of the molecule is CCc1ccc(C(=O)Nc2ccn(CCS(C)(=O)=O)n2)o1. The lowest BCUT2D eigenvalue weighted by molar-refractivity contribution is 0.0994. The van der Waals surface area contributed by atoms with E-state index >= 15 is 0 Å². The van der Waals surface area contributed by atoms with Gasteiger partial charge in [0.15, 0.2) is 11.6 Å². The number of furan rings is 1. The summed E-state index contributed by atoms with van der Waals surface area (Å²) in [7, 11) is -3.04. The Kier molecular flexibility index (Phi) is 4.46. The number of hydrogen-bond donors (Lipinski definition) is 1. The maximum Gasteiger partial charge on any atom is 0.292 e. The number of rotatable bonds is 6. The standard InChI is InChI=1S/C13H17N3O4S/c1-3-10-4-5-11(20-10)13(17)14-12-6-7-16(15-12)8-9-21(2,18)19/h4-7H,3,8-9H2,1-2H3,(H,14,15,17). The summed E-state index contributed by atoms with van der Waals surface area (Å²) >= 11 is 0. The molecule has 0 aliphatic carbocycles. The zero-order chi connectivity index (χ0) is 15.5. The number of hydrogen-bond acceptors (Lipinski definition) is 5. The number of amides is 1. The lowest BCUT2D eigenvalue weighted by Crippen LogP contribution is -2.14. The number of nitrogens with zero attached hydrogens (tertiary/aromatic N) is 2. The lowest BCUT2D eigenvalue weighted by atomic mass is 10.3. The molecular weight excluding hydrogens is 294 g/mol. The van der Waals surface area contributed by atoms with E-state index < -0.39 is 9.84 Å². The molecule has 2 aromatic heterocycles. The first-order chi connectivity index (χ1) is 9.87. The highest BCUT2D eigenvalue weighted by Crippen LogP contribution is 2.11. The van der Waals surface area contributed by atoms with Crippen molar-refractivity contribution in [3.8, 4) is 0 Å². The predicted octanol–water partition coefficient (Wildman–Crippen LogP) is 1.34. The fraction of sp³-hybridized carbons (Fsp3) is 0.385. The van der Waals surface area contributed by atoms with Crippen molar-refractivity contribution >= 4 is 21.6 Å². The first-order valence-corrected chi connectivity index (χ1v) is 8.54. The molecule has 0 saturated heterocycles. The molecule has 0 bridgehead atoms. The third kappa shape index (κ3) is 4.45. The van der Waals surface area contributed by atoms with E-state index in [0.29, 0.717) is 12.2 Å². The Morgan fingerprint density at radius 2 is 2.14 bits per heavy atom. The Labute approximate surface area is 122 Å². The van der Waals surface area contributed by atoms with E-state index in [0.717, 1.165) is 5.76 Å². The van der Waals surface area contributed by atoms with Crippen LogP contribution in [0.25, 0.3) is 0 Å². The lowest BCUT2D eigenvalue weighted by Gasteiger charge is -2.00. The number of nitrogens with one attached hydrogen (secondary N) is 1. The second-order valence-electron chi connectivity index (χ2n) is 4.67. The van der Waals surface area contributed by atoms with Crippen LogP contribution in [0.5, 0.6) is 0 Å². The first kappa shape index (κ1) is 15.3. The number of anilines is 1. The van der Waals surface area contributed by atoms with E-state index in [1.165, 1.54) is 10.9 Å². The van der Waals surface area contributed by atoms with Crippen LogP contribution in [0, 0.1) is 0 Å². The topological polar surface area (TPSA) is 94.2 Å². The van der Waals surface area contributed by atoms with Gasteiger partial charge in [0.2, 0.25) is 0 Å². The number of carbonyl (C=O) groups is 1. The van der Waals surface area contributed by atoms with Crippen LogP contribution in [0.15, 0.2) is 28.8 Å². The molecule has 2 heterocycles. The molecular formula is C13H17N3O4S. The Hall–Kier alpha value is -2.09. The molecule has 0 atom stereocenters. The number of carbonyl (C=O) groups excluding carboxylic acids is 1. The summed E-state index contributed by atoms with van der Waals surface area (Å²) in [5.74, 6) is 0.919. The minimum Gasteiger partial charge on any atom is -0.456 e. The van der Waals surface area contributed by atoms with Crippen LogP contribution in [0.1, 0.15) is 23.2 Å². The van der Waals surface area contributed by atoms with E-state index in [-0.39, 0.29) is 24.0 Å². The second kappa shape index (κ2) is 6.13. The Morgan fingerprint density at radius 1 is 1.38 bits per heavy atom. The fourth-order valence-electron chi connectivity index (χ4n) is 1.68. The van der Waals surface area contributed by atoms with Crippen molar-refractivity contribution in [1.29, 1.82) is 0 Å². The van der Waals surface area contributed by atoms with Crippen LogP contribution in [0.3, 0.4) is 0 Å².